The molecular formula is C16H25FN2. The molecule has 0 amide bonds. The van der Waals surface area contributed by atoms with Crippen LogP contribution in [0.3, 0.4) is 0 Å². The smallest absolute Gasteiger partial charge is 0.125 e. The number of hydrogen-bond donors (Lipinski definition) is 1. The maximum atomic E-state index is 13.3. The van der Waals surface area contributed by atoms with Gasteiger partial charge in [-0.2, -0.15) is 0 Å². The minimum Gasteiger partial charge on any atom is -0.371 e. The van der Waals surface area contributed by atoms with Gasteiger partial charge in [0.1, 0.15) is 5.82 Å². The summed E-state index contributed by atoms with van der Waals surface area (Å²) >= 11 is 0. The topological polar surface area (TPSA) is 29.3 Å². The molecule has 106 valence electrons. The van der Waals surface area contributed by atoms with Gasteiger partial charge in [-0.25, -0.2) is 4.39 Å². The molecular weight excluding hydrogens is 239 g/mol. The highest BCUT2D eigenvalue weighted by Gasteiger charge is 2.22. The van der Waals surface area contributed by atoms with E-state index in [1.54, 1.807) is 12.1 Å². The van der Waals surface area contributed by atoms with Crippen molar-refractivity contribution in [3.63, 3.8) is 0 Å². The maximum absolute atomic E-state index is 13.3. The summed E-state index contributed by atoms with van der Waals surface area (Å²) in [5, 5.41) is 0. The minimum atomic E-state index is -0.150. The number of anilines is 1. The molecule has 0 bridgehead atoms. The Morgan fingerprint density at radius 2 is 1.89 bits per heavy atom. The van der Waals surface area contributed by atoms with Crippen LogP contribution in [0.2, 0.25) is 0 Å². The van der Waals surface area contributed by atoms with E-state index in [1.165, 1.54) is 31.7 Å². The lowest BCUT2D eigenvalue weighted by Gasteiger charge is -2.33. The first-order valence-electron chi connectivity index (χ1n) is 7.43. The van der Waals surface area contributed by atoms with Gasteiger partial charge in [0.05, 0.1) is 0 Å². The van der Waals surface area contributed by atoms with Crippen LogP contribution in [-0.2, 0) is 0 Å². The summed E-state index contributed by atoms with van der Waals surface area (Å²) in [4.78, 5) is 2.29. The van der Waals surface area contributed by atoms with Crippen LogP contribution in [0.25, 0.3) is 0 Å². The molecule has 0 aliphatic heterocycles. The largest absolute Gasteiger partial charge is 0.371 e. The van der Waals surface area contributed by atoms with Gasteiger partial charge in [-0.3, -0.25) is 0 Å². The van der Waals surface area contributed by atoms with Gasteiger partial charge in [0.25, 0.3) is 0 Å². The Kier molecular flexibility index (Phi) is 5.20. The fourth-order valence-corrected chi connectivity index (χ4v) is 3.05. The molecule has 0 atom stereocenters. The second-order valence-electron chi connectivity index (χ2n) is 5.64. The van der Waals surface area contributed by atoms with Crippen LogP contribution in [0.4, 0.5) is 10.1 Å². The number of nitrogens with two attached hydrogens (primary N) is 1. The minimum absolute atomic E-state index is 0.150. The SMILES string of the molecule is CCN(CC1CCC(CN)CC1)c1cccc(F)c1. The Bertz CT molecular complexity index is 386. The number of hydrogen-bond acceptors (Lipinski definition) is 2. The van der Waals surface area contributed by atoms with Gasteiger partial charge in [-0.1, -0.05) is 6.07 Å². The predicted octanol–water partition coefficient (Wildman–Crippen LogP) is 3.42. The number of benzene rings is 1. The van der Waals surface area contributed by atoms with Crippen molar-refractivity contribution in [2.75, 3.05) is 24.5 Å². The molecule has 0 radical (unpaired) electrons. The van der Waals surface area contributed by atoms with Gasteiger partial charge >= 0.3 is 0 Å². The van der Waals surface area contributed by atoms with Crippen LogP contribution >= 0.6 is 0 Å². The van der Waals surface area contributed by atoms with Crippen LogP contribution < -0.4 is 10.6 Å². The lowest BCUT2D eigenvalue weighted by atomic mass is 9.82. The van der Waals surface area contributed by atoms with Crippen molar-refractivity contribution in [1.82, 2.24) is 0 Å². The van der Waals surface area contributed by atoms with Gasteiger partial charge in [0.15, 0.2) is 0 Å². The quantitative estimate of drug-likeness (QED) is 0.883. The average molecular weight is 264 g/mol. The van der Waals surface area contributed by atoms with Crippen molar-refractivity contribution in [3.8, 4) is 0 Å². The van der Waals surface area contributed by atoms with Crippen LogP contribution in [-0.4, -0.2) is 19.6 Å². The molecule has 1 aliphatic rings. The van der Waals surface area contributed by atoms with E-state index in [9.17, 15) is 4.39 Å². The molecule has 0 unspecified atom stereocenters. The zero-order valence-corrected chi connectivity index (χ0v) is 11.8. The summed E-state index contributed by atoms with van der Waals surface area (Å²) in [6.45, 7) is 4.93. The third-order valence-corrected chi connectivity index (χ3v) is 4.33. The van der Waals surface area contributed by atoms with Crippen molar-refractivity contribution in [3.05, 3.63) is 30.1 Å². The van der Waals surface area contributed by atoms with E-state index < -0.39 is 0 Å². The molecule has 19 heavy (non-hydrogen) atoms. The summed E-state index contributed by atoms with van der Waals surface area (Å²) in [5.41, 5.74) is 6.73. The molecule has 0 aromatic heterocycles. The molecule has 0 spiro atoms. The lowest BCUT2D eigenvalue weighted by molar-refractivity contribution is 0.281. The third kappa shape index (κ3) is 3.93. The Hall–Kier alpha value is -1.09. The van der Waals surface area contributed by atoms with Crippen molar-refractivity contribution < 1.29 is 4.39 Å². The highest BCUT2D eigenvalue weighted by Crippen LogP contribution is 2.29. The van der Waals surface area contributed by atoms with Crippen LogP contribution in [0.5, 0.6) is 0 Å². The van der Waals surface area contributed by atoms with Gasteiger partial charge in [0, 0.05) is 18.8 Å². The third-order valence-electron chi connectivity index (χ3n) is 4.33. The first-order chi connectivity index (χ1) is 9.22. The van der Waals surface area contributed by atoms with Crippen LogP contribution in [0.15, 0.2) is 24.3 Å². The van der Waals surface area contributed by atoms with E-state index in [2.05, 4.69) is 11.8 Å². The summed E-state index contributed by atoms with van der Waals surface area (Å²) in [7, 11) is 0. The van der Waals surface area contributed by atoms with E-state index in [1.807, 2.05) is 6.07 Å². The first kappa shape index (κ1) is 14.3. The Morgan fingerprint density at radius 1 is 1.21 bits per heavy atom. The number of rotatable bonds is 5. The van der Waals surface area contributed by atoms with Crippen molar-refractivity contribution in [1.29, 1.82) is 0 Å². The Morgan fingerprint density at radius 3 is 2.47 bits per heavy atom. The second-order valence-corrected chi connectivity index (χ2v) is 5.64. The monoisotopic (exact) mass is 264 g/mol. The Labute approximate surface area is 115 Å². The number of halogens is 1. The molecule has 1 aromatic carbocycles. The van der Waals surface area contributed by atoms with E-state index in [0.717, 1.165) is 37.2 Å². The normalized spacial score (nSPS) is 23.3. The lowest BCUT2D eigenvalue weighted by Crippen LogP contribution is -2.32. The fraction of sp³-hybridized carbons (Fsp3) is 0.625. The van der Waals surface area contributed by atoms with E-state index in [4.69, 9.17) is 5.73 Å². The van der Waals surface area contributed by atoms with Crippen molar-refractivity contribution in [2.24, 2.45) is 17.6 Å². The van der Waals surface area contributed by atoms with Gasteiger partial charge in [-0.15, -0.1) is 0 Å². The summed E-state index contributed by atoms with van der Waals surface area (Å²) in [6.07, 6.45) is 5.02. The fourth-order valence-electron chi connectivity index (χ4n) is 3.05. The summed E-state index contributed by atoms with van der Waals surface area (Å²) in [5.74, 6) is 1.30. The molecule has 3 heteroatoms. The highest BCUT2D eigenvalue weighted by atomic mass is 19.1. The standard InChI is InChI=1S/C16H25FN2/c1-2-19(16-5-3-4-15(17)10-16)12-14-8-6-13(11-18)7-9-14/h3-5,10,13-14H,2,6-9,11-12,18H2,1H3. The molecule has 2 N–H and O–H groups in total. The molecule has 0 saturated heterocycles. The van der Waals surface area contributed by atoms with E-state index >= 15 is 0 Å². The average Bonchev–Trinajstić information content (AvgIpc) is 2.45. The predicted molar refractivity (Wildman–Crippen MR) is 78.8 cm³/mol. The zero-order valence-electron chi connectivity index (χ0n) is 11.8. The Balaban J connectivity index is 1.93. The molecule has 1 aromatic rings. The van der Waals surface area contributed by atoms with Gasteiger partial charge in [0.2, 0.25) is 0 Å². The van der Waals surface area contributed by atoms with E-state index in [-0.39, 0.29) is 5.82 Å². The van der Waals surface area contributed by atoms with Gasteiger partial charge < -0.3 is 10.6 Å². The zero-order chi connectivity index (χ0) is 13.7. The molecule has 1 fully saturated rings. The first-order valence-corrected chi connectivity index (χ1v) is 7.43. The molecule has 2 rings (SSSR count). The summed E-state index contributed by atoms with van der Waals surface area (Å²) in [6, 6.07) is 6.93. The maximum Gasteiger partial charge on any atom is 0.125 e. The molecule has 1 saturated carbocycles. The summed E-state index contributed by atoms with van der Waals surface area (Å²) < 4.78 is 13.3. The van der Waals surface area contributed by atoms with Gasteiger partial charge in [-0.05, 0) is 69.2 Å². The molecule has 0 heterocycles. The van der Waals surface area contributed by atoms with E-state index in [0.29, 0.717) is 0 Å². The number of nitrogens with zero attached hydrogens (tertiary/aromatic N) is 1. The van der Waals surface area contributed by atoms with Crippen LogP contribution in [0.1, 0.15) is 32.6 Å². The second kappa shape index (κ2) is 6.90. The molecule has 2 nitrogen and oxygen atoms in total. The highest BCUT2D eigenvalue weighted by molar-refractivity contribution is 5.46. The van der Waals surface area contributed by atoms with Crippen molar-refractivity contribution >= 4 is 5.69 Å². The molecule has 1 aliphatic carbocycles. The van der Waals surface area contributed by atoms with Crippen molar-refractivity contribution in [2.45, 2.75) is 32.6 Å². The van der Waals surface area contributed by atoms with Crippen LogP contribution in [0, 0.1) is 17.7 Å².